The number of hydrogen-bond donors (Lipinski definition) is 1. The lowest BCUT2D eigenvalue weighted by Crippen LogP contribution is -2.28. The molecular weight excluding hydrogens is 246 g/mol. The lowest BCUT2D eigenvalue weighted by atomic mass is 10.1. The summed E-state index contributed by atoms with van der Waals surface area (Å²) in [7, 11) is 4.13. The van der Waals surface area contributed by atoms with Crippen molar-refractivity contribution in [3.05, 3.63) is 35.9 Å². The van der Waals surface area contributed by atoms with Crippen LogP contribution >= 0.6 is 0 Å². The minimum absolute atomic E-state index is 0.594. The van der Waals surface area contributed by atoms with Crippen molar-refractivity contribution in [2.45, 2.75) is 39.3 Å². The van der Waals surface area contributed by atoms with E-state index >= 15 is 0 Å². The first kappa shape index (κ1) is 14.8. The Kier molecular flexibility index (Phi) is 4.96. The van der Waals surface area contributed by atoms with Crippen LogP contribution in [0.15, 0.2) is 30.3 Å². The van der Waals surface area contributed by atoms with E-state index in [1.54, 1.807) is 0 Å². The van der Waals surface area contributed by atoms with Crippen LogP contribution in [0.3, 0.4) is 0 Å². The summed E-state index contributed by atoms with van der Waals surface area (Å²) < 4.78 is 0. The number of nitrogens with one attached hydrogen (secondary N) is 1. The molecule has 1 unspecified atom stereocenters. The van der Waals surface area contributed by atoms with Gasteiger partial charge in [0.2, 0.25) is 0 Å². The third-order valence-electron chi connectivity index (χ3n) is 3.92. The van der Waals surface area contributed by atoms with Gasteiger partial charge in [0.15, 0.2) is 0 Å². The molecule has 3 heteroatoms. The minimum atomic E-state index is 0.594. The Hall–Kier alpha value is -1.61. The van der Waals surface area contributed by atoms with Gasteiger partial charge in [-0.15, -0.1) is 0 Å². The number of nitrogens with zero attached hydrogens (tertiary/aromatic N) is 2. The molecule has 0 spiro atoms. The zero-order chi connectivity index (χ0) is 14.5. The van der Waals surface area contributed by atoms with Crippen molar-refractivity contribution in [2.75, 3.05) is 19.4 Å². The Bertz CT molecular complexity index is 565. The van der Waals surface area contributed by atoms with Gasteiger partial charge in [-0.2, -0.15) is 0 Å². The van der Waals surface area contributed by atoms with Gasteiger partial charge in [0.05, 0.1) is 5.52 Å². The van der Waals surface area contributed by atoms with Crippen LogP contribution in [-0.4, -0.2) is 30.0 Å². The SMILES string of the molecule is CCCC(C)N(C)Cc1cc2ccccc2nc1NC. The van der Waals surface area contributed by atoms with E-state index in [0.29, 0.717) is 6.04 Å². The van der Waals surface area contributed by atoms with E-state index < -0.39 is 0 Å². The fourth-order valence-corrected chi connectivity index (χ4v) is 2.56. The average Bonchev–Trinajstić information content (AvgIpc) is 2.46. The molecule has 108 valence electrons. The number of fused-ring (bicyclic) bond motifs is 1. The number of anilines is 1. The predicted molar refractivity (Wildman–Crippen MR) is 87.1 cm³/mol. The highest BCUT2D eigenvalue weighted by Gasteiger charge is 2.12. The number of benzene rings is 1. The molecule has 0 saturated carbocycles. The van der Waals surface area contributed by atoms with Crippen molar-refractivity contribution in [3.63, 3.8) is 0 Å². The van der Waals surface area contributed by atoms with Crippen molar-refractivity contribution in [1.29, 1.82) is 0 Å². The molecule has 0 fully saturated rings. The number of para-hydroxylation sites is 1. The Morgan fingerprint density at radius 3 is 2.75 bits per heavy atom. The molecule has 1 N–H and O–H groups in total. The normalized spacial score (nSPS) is 12.8. The summed E-state index contributed by atoms with van der Waals surface area (Å²) in [5.41, 5.74) is 2.31. The van der Waals surface area contributed by atoms with Gasteiger partial charge >= 0.3 is 0 Å². The maximum atomic E-state index is 4.71. The maximum Gasteiger partial charge on any atom is 0.130 e. The Balaban J connectivity index is 2.28. The molecule has 0 aliphatic heterocycles. The Morgan fingerprint density at radius 1 is 1.30 bits per heavy atom. The molecule has 0 aliphatic rings. The first-order valence-electron chi connectivity index (χ1n) is 7.42. The second-order valence-electron chi connectivity index (χ2n) is 5.49. The first-order chi connectivity index (χ1) is 9.65. The second-order valence-corrected chi connectivity index (χ2v) is 5.49. The van der Waals surface area contributed by atoms with Crippen molar-refractivity contribution >= 4 is 16.7 Å². The van der Waals surface area contributed by atoms with E-state index in [1.807, 2.05) is 13.1 Å². The quantitative estimate of drug-likeness (QED) is 0.863. The smallest absolute Gasteiger partial charge is 0.130 e. The molecule has 1 aromatic heterocycles. The minimum Gasteiger partial charge on any atom is -0.373 e. The fourth-order valence-electron chi connectivity index (χ4n) is 2.56. The molecule has 0 amide bonds. The van der Waals surface area contributed by atoms with Gasteiger partial charge < -0.3 is 5.32 Å². The van der Waals surface area contributed by atoms with Crippen molar-refractivity contribution in [3.8, 4) is 0 Å². The van der Waals surface area contributed by atoms with Crippen molar-refractivity contribution in [2.24, 2.45) is 0 Å². The lowest BCUT2D eigenvalue weighted by Gasteiger charge is -2.25. The van der Waals surface area contributed by atoms with Gasteiger partial charge in [0.25, 0.3) is 0 Å². The van der Waals surface area contributed by atoms with Crippen LogP contribution in [0.1, 0.15) is 32.3 Å². The summed E-state index contributed by atoms with van der Waals surface area (Å²) in [6.07, 6.45) is 2.45. The summed E-state index contributed by atoms with van der Waals surface area (Å²) in [6, 6.07) is 11.1. The highest BCUT2D eigenvalue weighted by atomic mass is 15.1. The molecule has 3 nitrogen and oxygen atoms in total. The van der Waals surface area contributed by atoms with E-state index in [4.69, 9.17) is 4.98 Å². The van der Waals surface area contributed by atoms with Gasteiger partial charge in [-0.05, 0) is 32.5 Å². The van der Waals surface area contributed by atoms with E-state index in [0.717, 1.165) is 17.9 Å². The monoisotopic (exact) mass is 271 g/mol. The molecule has 2 aromatic rings. The summed E-state index contributed by atoms with van der Waals surface area (Å²) in [5, 5.41) is 4.43. The van der Waals surface area contributed by atoms with Crippen LogP contribution in [-0.2, 0) is 6.54 Å². The molecule has 0 saturated heterocycles. The topological polar surface area (TPSA) is 28.2 Å². The molecule has 0 bridgehead atoms. The third kappa shape index (κ3) is 3.28. The number of pyridine rings is 1. The maximum absolute atomic E-state index is 4.71. The van der Waals surface area contributed by atoms with Crippen LogP contribution < -0.4 is 5.32 Å². The molecule has 1 heterocycles. The van der Waals surface area contributed by atoms with Crippen LogP contribution in [0, 0.1) is 0 Å². The highest BCUT2D eigenvalue weighted by Crippen LogP contribution is 2.22. The third-order valence-corrected chi connectivity index (χ3v) is 3.92. The summed E-state index contributed by atoms with van der Waals surface area (Å²) in [5.74, 6) is 0.985. The number of aromatic nitrogens is 1. The van der Waals surface area contributed by atoms with Gasteiger partial charge in [-0.25, -0.2) is 4.98 Å². The van der Waals surface area contributed by atoms with Crippen LogP contribution in [0.5, 0.6) is 0 Å². The van der Waals surface area contributed by atoms with Crippen molar-refractivity contribution < 1.29 is 0 Å². The molecule has 1 aromatic carbocycles. The first-order valence-corrected chi connectivity index (χ1v) is 7.42. The number of hydrogen-bond acceptors (Lipinski definition) is 3. The van der Waals surface area contributed by atoms with Gasteiger partial charge in [-0.1, -0.05) is 31.5 Å². The zero-order valence-electron chi connectivity index (χ0n) is 13.0. The largest absolute Gasteiger partial charge is 0.373 e. The van der Waals surface area contributed by atoms with E-state index in [2.05, 4.69) is 55.4 Å². The zero-order valence-corrected chi connectivity index (χ0v) is 13.0. The fraction of sp³-hybridized carbons (Fsp3) is 0.471. The number of rotatable bonds is 6. The lowest BCUT2D eigenvalue weighted by molar-refractivity contribution is 0.237. The van der Waals surface area contributed by atoms with Crippen molar-refractivity contribution in [1.82, 2.24) is 9.88 Å². The second kappa shape index (κ2) is 6.71. The van der Waals surface area contributed by atoms with Gasteiger partial charge in [-0.3, -0.25) is 4.90 Å². The summed E-state index contributed by atoms with van der Waals surface area (Å²) in [4.78, 5) is 7.11. The van der Waals surface area contributed by atoms with Crippen LogP contribution in [0.25, 0.3) is 10.9 Å². The molecule has 2 rings (SSSR count). The molecular formula is C17H25N3. The van der Waals surface area contributed by atoms with Gasteiger partial charge in [0.1, 0.15) is 5.82 Å². The Labute approximate surface area is 122 Å². The average molecular weight is 271 g/mol. The Morgan fingerprint density at radius 2 is 2.05 bits per heavy atom. The standard InChI is InChI=1S/C17H25N3/c1-5-8-13(2)20(4)12-15-11-14-9-6-7-10-16(14)19-17(15)18-3/h6-7,9-11,13H,5,8,12H2,1-4H3,(H,18,19). The molecule has 0 aliphatic carbocycles. The molecule has 20 heavy (non-hydrogen) atoms. The highest BCUT2D eigenvalue weighted by molar-refractivity contribution is 5.81. The van der Waals surface area contributed by atoms with Crippen LogP contribution in [0.2, 0.25) is 0 Å². The van der Waals surface area contributed by atoms with E-state index in [1.165, 1.54) is 23.8 Å². The predicted octanol–water partition coefficient (Wildman–Crippen LogP) is 3.90. The summed E-state index contributed by atoms with van der Waals surface area (Å²) in [6.45, 7) is 5.45. The molecule has 0 radical (unpaired) electrons. The van der Waals surface area contributed by atoms with E-state index in [9.17, 15) is 0 Å². The summed E-state index contributed by atoms with van der Waals surface area (Å²) >= 11 is 0. The van der Waals surface area contributed by atoms with Crippen LogP contribution in [0.4, 0.5) is 5.82 Å². The van der Waals surface area contributed by atoms with Gasteiger partial charge in [0, 0.05) is 30.6 Å². The molecule has 1 atom stereocenters. The van der Waals surface area contributed by atoms with E-state index in [-0.39, 0.29) is 0 Å².